The Labute approximate surface area is 151 Å². The lowest BCUT2D eigenvalue weighted by Crippen LogP contribution is -2.30. The highest BCUT2D eigenvalue weighted by atomic mass is 35.5. The molecule has 6 nitrogen and oxygen atoms in total. The minimum Gasteiger partial charge on any atom is -0.496 e. The van der Waals surface area contributed by atoms with Crippen molar-refractivity contribution < 1.29 is 19.0 Å². The molecule has 0 unspecified atom stereocenters. The Bertz CT molecular complexity index is 810. The van der Waals surface area contributed by atoms with Crippen LogP contribution in [0.1, 0.15) is 22.8 Å². The molecule has 2 aromatic rings. The zero-order valence-electron chi connectivity index (χ0n) is 14.0. The van der Waals surface area contributed by atoms with Gasteiger partial charge in [0.15, 0.2) is 11.5 Å². The van der Waals surface area contributed by atoms with Gasteiger partial charge in [0, 0.05) is 19.2 Å². The van der Waals surface area contributed by atoms with Crippen molar-refractivity contribution in [1.29, 1.82) is 0 Å². The van der Waals surface area contributed by atoms with Crippen LogP contribution in [0.3, 0.4) is 0 Å². The van der Waals surface area contributed by atoms with Crippen molar-refractivity contribution >= 4 is 23.2 Å². The monoisotopic (exact) mass is 362 g/mol. The van der Waals surface area contributed by atoms with Crippen LogP contribution in [0, 0.1) is 0 Å². The van der Waals surface area contributed by atoms with Crippen molar-refractivity contribution in [3.05, 3.63) is 46.5 Å². The molecule has 3 rings (SSSR count). The van der Waals surface area contributed by atoms with E-state index < -0.39 is 0 Å². The van der Waals surface area contributed by atoms with Crippen LogP contribution in [0.2, 0.25) is 5.02 Å². The third kappa shape index (κ3) is 3.44. The number of methoxy groups -OCH3 is 1. The Morgan fingerprint density at radius 1 is 1.28 bits per heavy atom. The lowest BCUT2D eigenvalue weighted by Gasteiger charge is -2.22. The predicted molar refractivity (Wildman–Crippen MR) is 95.4 cm³/mol. The average molecular weight is 363 g/mol. The van der Waals surface area contributed by atoms with Crippen LogP contribution in [0.5, 0.6) is 17.2 Å². The maximum absolute atomic E-state index is 12.9. The van der Waals surface area contributed by atoms with Gasteiger partial charge < -0.3 is 24.8 Å². The number of benzene rings is 2. The van der Waals surface area contributed by atoms with Crippen molar-refractivity contribution in [1.82, 2.24) is 4.90 Å². The number of hydrogen-bond donors (Lipinski definition) is 1. The molecule has 0 bridgehead atoms. The molecule has 132 valence electrons. The molecule has 0 atom stereocenters. The van der Waals surface area contributed by atoms with E-state index in [9.17, 15) is 4.79 Å². The highest BCUT2D eigenvalue weighted by Gasteiger charge is 2.21. The number of hydrogen-bond acceptors (Lipinski definition) is 5. The molecule has 1 aliphatic rings. The SMILES string of the molecule is CCN(Cc1ccc2c(c1)OCO2)C(=O)c1cc(Cl)c(N)cc1OC. The van der Waals surface area contributed by atoms with Crippen LogP contribution < -0.4 is 19.9 Å². The zero-order valence-corrected chi connectivity index (χ0v) is 14.8. The van der Waals surface area contributed by atoms with Crippen LogP contribution >= 0.6 is 11.6 Å². The summed E-state index contributed by atoms with van der Waals surface area (Å²) in [5, 5.41) is 0.322. The number of amides is 1. The molecule has 0 saturated heterocycles. The average Bonchev–Trinajstić information content (AvgIpc) is 3.08. The first-order valence-electron chi connectivity index (χ1n) is 7.84. The number of halogens is 1. The minimum absolute atomic E-state index is 0.182. The molecule has 1 heterocycles. The molecule has 0 radical (unpaired) electrons. The number of nitrogens with zero attached hydrogens (tertiary/aromatic N) is 1. The highest BCUT2D eigenvalue weighted by molar-refractivity contribution is 6.33. The molecule has 0 aliphatic carbocycles. The van der Waals surface area contributed by atoms with E-state index in [1.54, 1.807) is 17.0 Å². The second kappa shape index (κ2) is 7.11. The van der Waals surface area contributed by atoms with E-state index in [0.717, 1.165) is 5.56 Å². The summed E-state index contributed by atoms with van der Waals surface area (Å²) in [5.41, 5.74) is 7.48. The summed E-state index contributed by atoms with van der Waals surface area (Å²) in [7, 11) is 1.49. The molecule has 2 N–H and O–H groups in total. The quantitative estimate of drug-likeness (QED) is 0.826. The summed E-state index contributed by atoms with van der Waals surface area (Å²) in [5.74, 6) is 1.62. The standard InChI is InChI=1S/C18H19ClN2O4/c1-3-21(9-11-4-5-15-17(6-11)25-10-24-15)18(22)12-7-13(19)14(20)8-16(12)23-2/h4-8H,3,9-10,20H2,1-2H3. The Morgan fingerprint density at radius 2 is 2.04 bits per heavy atom. The van der Waals surface area contributed by atoms with E-state index in [1.807, 2.05) is 25.1 Å². The Morgan fingerprint density at radius 3 is 2.76 bits per heavy atom. The minimum atomic E-state index is -0.182. The molecule has 0 saturated carbocycles. The third-order valence-corrected chi connectivity index (χ3v) is 4.36. The van der Waals surface area contributed by atoms with Crippen molar-refractivity contribution in [2.24, 2.45) is 0 Å². The maximum atomic E-state index is 12.9. The lowest BCUT2D eigenvalue weighted by atomic mass is 10.1. The van der Waals surface area contributed by atoms with E-state index >= 15 is 0 Å². The molecule has 0 aromatic heterocycles. The first-order chi connectivity index (χ1) is 12.0. The summed E-state index contributed by atoms with van der Waals surface area (Å²) in [6.45, 7) is 3.09. The van der Waals surface area contributed by atoms with Crippen LogP contribution in [0.25, 0.3) is 0 Å². The largest absolute Gasteiger partial charge is 0.496 e. The fourth-order valence-corrected chi connectivity index (χ4v) is 2.83. The summed E-state index contributed by atoms with van der Waals surface area (Å²) < 4.78 is 16.0. The van der Waals surface area contributed by atoms with Gasteiger partial charge in [0.25, 0.3) is 5.91 Å². The number of rotatable bonds is 5. The molecule has 0 fully saturated rings. The van der Waals surface area contributed by atoms with Crippen LogP contribution in [-0.4, -0.2) is 31.3 Å². The van der Waals surface area contributed by atoms with Gasteiger partial charge in [0.2, 0.25) is 6.79 Å². The van der Waals surface area contributed by atoms with Crippen molar-refractivity contribution in [2.75, 3.05) is 26.2 Å². The van der Waals surface area contributed by atoms with E-state index in [-0.39, 0.29) is 12.7 Å². The number of nitrogen functional groups attached to an aromatic ring is 1. The van der Waals surface area contributed by atoms with Gasteiger partial charge in [0.1, 0.15) is 5.75 Å². The highest BCUT2D eigenvalue weighted by Crippen LogP contribution is 2.33. The van der Waals surface area contributed by atoms with E-state index in [4.69, 9.17) is 31.5 Å². The smallest absolute Gasteiger partial charge is 0.257 e. The number of nitrogens with two attached hydrogens (primary N) is 1. The van der Waals surface area contributed by atoms with Crippen LogP contribution in [0.4, 0.5) is 5.69 Å². The van der Waals surface area contributed by atoms with Crippen LogP contribution in [0.15, 0.2) is 30.3 Å². The Balaban J connectivity index is 1.86. The van der Waals surface area contributed by atoms with Gasteiger partial charge in [0.05, 0.1) is 23.4 Å². The van der Waals surface area contributed by atoms with Gasteiger partial charge in [-0.2, -0.15) is 0 Å². The number of carbonyl (C=O) groups excluding carboxylic acids is 1. The second-order valence-corrected chi connectivity index (χ2v) is 5.99. The fourth-order valence-electron chi connectivity index (χ4n) is 2.66. The summed E-state index contributed by atoms with van der Waals surface area (Å²) in [6, 6.07) is 8.74. The summed E-state index contributed by atoms with van der Waals surface area (Å²) >= 11 is 6.08. The lowest BCUT2D eigenvalue weighted by molar-refractivity contribution is 0.0749. The zero-order chi connectivity index (χ0) is 18.0. The molecule has 7 heteroatoms. The molecule has 25 heavy (non-hydrogen) atoms. The van der Waals surface area contributed by atoms with E-state index in [2.05, 4.69) is 0 Å². The first-order valence-corrected chi connectivity index (χ1v) is 8.22. The van der Waals surface area contributed by atoms with Gasteiger partial charge in [-0.15, -0.1) is 0 Å². The van der Waals surface area contributed by atoms with Crippen LogP contribution in [-0.2, 0) is 6.54 Å². The maximum Gasteiger partial charge on any atom is 0.257 e. The van der Waals surface area contributed by atoms with Gasteiger partial charge in [-0.3, -0.25) is 4.79 Å². The molecule has 1 amide bonds. The van der Waals surface area contributed by atoms with Gasteiger partial charge in [-0.05, 0) is 30.7 Å². The topological polar surface area (TPSA) is 74.0 Å². The third-order valence-electron chi connectivity index (χ3n) is 4.03. The van der Waals surface area contributed by atoms with E-state index in [1.165, 1.54) is 7.11 Å². The number of ether oxygens (including phenoxy) is 3. The van der Waals surface area contributed by atoms with Gasteiger partial charge in [-0.1, -0.05) is 17.7 Å². The normalized spacial score (nSPS) is 12.1. The molecule has 1 aliphatic heterocycles. The Hall–Kier alpha value is -2.60. The van der Waals surface area contributed by atoms with Crippen molar-refractivity contribution in [3.8, 4) is 17.2 Å². The summed E-state index contributed by atoms with van der Waals surface area (Å²) in [4.78, 5) is 14.6. The number of anilines is 1. The predicted octanol–water partition coefficient (Wildman–Crippen LogP) is 3.32. The number of fused-ring (bicyclic) bond motifs is 1. The first kappa shape index (κ1) is 17.2. The van der Waals surface area contributed by atoms with Gasteiger partial charge >= 0.3 is 0 Å². The summed E-state index contributed by atoms with van der Waals surface area (Å²) in [6.07, 6.45) is 0. The fraction of sp³-hybridized carbons (Fsp3) is 0.278. The molecular formula is C18H19ClN2O4. The number of carbonyl (C=O) groups is 1. The van der Waals surface area contributed by atoms with Gasteiger partial charge in [-0.25, -0.2) is 0 Å². The molecular weight excluding hydrogens is 344 g/mol. The van der Waals surface area contributed by atoms with E-state index in [0.29, 0.717) is 46.6 Å². The molecule has 0 spiro atoms. The van der Waals surface area contributed by atoms with Crippen molar-refractivity contribution in [2.45, 2.75) is 13.5 Å². The Kier molecular flexibility index (Phi) is 4.90. The van der Waals surface area contributed by atoms with Crippen molar-refractivity contribution in [3.63, 3.8) is 0 Å². The molecule has 2 aromatic carbocycles. The second-order valence-electron chi connectivity index (χ2n) is 5.58.